The zero-order valence-corrected chi connectivity index (χ0v) is 19.1. The molecular formula is C23H12BrCl2F3O3. The molecule has 0 amide bonds. The summed E-state index contributed by atoms with van der Waals surface area (Å²) in [6.45, 7) is 0.0504. The molecule has 1 heterocycles. The summed E-state index contributed by atoms with van der Waals surface area (Å²) < 4.78 is 52.8. The van der Waals surface area contributed by atoms with Gasteiger partial charge in [0.25, 0.3) is 0 Å². The lowest BCUT2D eigenvalue weighted by atomic mass is 10.0. The fourth-order valence-electron chi connectivity index (χ4n) is 3.14. The highest BCUT2D eigenvalue weighted by Crippen LogP contribution is 2.38. The maximum atomic E-state index is 13.8. The minimum atomic E-state index is -4.87. The van der Waals surface area contributed by atoms with E-state index in [1.165, 1.54) is 30.3 Å². The van der Waals surface area contributed by atoms with Gasteiger partial charge >= 0.3 is 6.18 Å². The van der Waals surface area contributed by atoms with Crippen LogP contribution < -0.4 is 10.2 Å². The minimum absolute atomic E-state index is 0.00722. The van der Waals surface area contributed by atoms with Crippen molar-refractivity contribution in [2.75, 3.05) is 0 Å². The van der Waals surface area contributed by atoms with Crippen molar-refractivity contribution in [2.45, 2.75) is 12.8 Å². The number of hydrogen-bond donors (Lipinski definition) is 0. The number of fused-ring (bicyclic) bond motifs is 1. The van der Waals surface area contributed by atoms with Gasteiger partial charge in [-0.15, -0.1) is 0 Å². The molecule has 0 aliphatic rings. The Morgan fingerprint density at radius 3 is 2.34 bits per heavy atom. The fraction of sp³-hybridized carbons (Fsp3) is 0.0870. The van der Waals surface area contributed by atoms with Gasteiger partial charge in [-0.3, -0.25) is 4.79 Å². The highest BCUT2D eigenvalue weighted by molar-refractivity contribution is 9.10. The van der Waals surface area contributed by atoms with E-state index in [0.29, 0.717) is 20.1 Å². The SMILES string of the molecule is O=c1c(-c2ccc(Br)cc2)c(C(F)(F)F)oc2cc(OCc3ccc(Cl)cc3Cl)ccc12. The molecule has 0 bridgehead atoms. The van der Waals surface area contributed by atoms with E-state index in [2.05, 4.69) is 15.9 Å². The minimum Gasteiger partial charge on any atom is -0.489 e. The number of halogens is 6. The second-order valence-electron chi connectivity index (χ2n) is 6.82. The van der Waals surface area contributed by atoms with E-state index in [4.69, 9.17) is 32.4 Å². The maximum Gasteiger partial charge on any atom is 0.450 e. The van der Waals surface area contributed by atoms with Gasteiger partial charge in [0.2, 0.25) is 11.2 Å². The largest absolute Gasteiger partial charge is 0.489 e. The molecule has 32 heavy (non-hydrogen) atoms. The van der Waals surface area contributed by atoms with Crippen LogP contribution in [0.1, 0.15) is 11.3 Å². The van der Waals surface area contributed by atoms with Crippen LogP contribution in [0.2, 0.25) is 10.0 Å². The van der Waals surface area contributed by atoms with Gasteiger partial charge in [0, 0.05) is 26.1 Å². The molecule has 0 aliphatic heterocycles. The monoisotopic (exact) mass is 542 g/mol. The Bertz CT molecular complexity index is 1370. The predicted octanol–water partition coefficient (Wildman–Crippen LogP) is 8.13. The summed E-state index contributed by atoms with van der Waals surface area (Å²) >= 11 is 15.2. The molecule has 0 atom stereocenters. The third kappa shape index (κ3) is 4.65. The second kappa shape index (κ2) is 8.81. The van der Waals surface area contributed by atoms with E-state index in [-0.39, 0.29) is 28.9 Å². The second-order valence-corrected chi connectivity index (χ2v) is 8.58. The number of rotatable bonds is 4. The molecule has 0 spiro atoms. The van der Waals surface area contributed by atoms with Crippen molar-refractivity contribution in [1.82, 2.24) is 0 Å². The average Bonchev–Trinajstić information content (AvgIpc) is 2.73. The lowest BCUT2D eigenvalue weighted by molar-refractivity contribution is -0.152. The first-order chi connectivity index (χ1) is 15.1. The smallest absolute Gasteiger partial charge is 0.450 e. The molecule has 164 valence electrons. The maximum absolute atomic E-state index is 13.8. The molecule has 0 unspecified atom stereocenters. The van der Waals surface area contributed by atoms with Crippen LogP contribution in [0, 0.1) is 0 Å². The Balaban J connectivity index is 1.77. The summed E-state index contributed by atoms with van der Waals surface area (Å²) in [5, 5.41) is 0.864. The van der Waals surface area contributed by atoms with Crippen molar-refractivity contribution in [1.29, 1.82) is 0 Å². The van der Waals surface area contributed by atoms with Crippen molar-refractivity contribution in [2.24, 2.45) is 0 Å². The van der Waals surface area contributed by atoms with Gasteiger partial charge in [0.05, 0.1) is 10.9 Å². The number of alkyl halides is 3. The Labute approximate surface area is 198 Å². The average molecular weight is 544 g/mol. The first-order valence-electron chi connectivity index (χ1n) is 9.14. The van der Waals surface area contributed by atoms with Crippen LogP contribution in [-0.2, 0) is 12.8 Å². The third-order valence-corrected chi connectivity index (χ3v) is 5.78. The Kier molecular flexibility index (Phi) is 6.25. The molecule has 0 aliphatic carbocycles. The van der Waals surface area contributed by atoms with Crippen LogP contribution >= 0.6 is 39.1 Å². The zero-order valence-electron chi connectivity index (χ0n) is 16.0. The van der Waals surface area contributed by atoms with Gasteiger partial charge in [-0.1, -0.05) is 57.3 Å². The molecular weight excluding hydrogens is 532 g/mol. The summed E-state index contributed by atoms with van der Waals surface area (Å²) in [6, 6.07) is 14.9. The van der Waals surface area contributed by atoms with Crippen LogP contribution in [0.15, 0.2) is 74.3 Å². The molecule has 4 aromatic rings. The Morgan fingerprint density at radius 1 is 0.969 bits per heavy atom. The fourth-order valence-corrected chi connectivity index (χ4v) is 3.87. The molecule has 0 radical (unpaired) electrons. The van der Waals surface area contributed by atoms with Gasteiger partial charge in [0.1, 0.15) is 17.9 Å². The van der Waals surface area contributed by atoms with E-state index in [1.807, 2.05) is 0 Å². The van der Waals surface area contributed by atoms with Crippen molar-refractivity contribution in [3.63, 3.8) is 0 Å². The van der Waals surface area contributed by atoms with E-state index >= 15 is 0 Å². The Hall–Kier alpha value is -2.48. The van der Waals surface area contributed by atoms with Gasteiger partial charge < -0.3 is 9.15 Å². The van der Waals surface area contributed by atoms with Gasteiger partial charge in [-0.25, -0.2) is 0 Å². The number of ether oxygens (including phenoxy) is 1. The summed E-state index contributed by atoms with van der Waals surface area (Å²) in [6.07, 6.45) is -4.87. The lowest BCUT2D eigenvalue weighted by Crippen LogP contribution is -2.16. The summed E-state index contributed by atoms with van der Waals surface area (Å²) in [7, 11) is 0. The molecule has 0 saturated heterocycles. The number of hydrogen-bond acceptors (Lipinski definition) is 3. The van der Waals surface area contributed by atoms with Gasteiger partial charge in [0.15, 0.2) is 0 Å². The zero-order chi connectivity index (χ0) is 23.0. The normalized spacial score (nSPS) is 11.7. The van der Waals surface area contributed by atoms with Crippen molar-refractivity contribution < 1.29 is 22.3 Å². The van der Waals surface area contributed by atoms with Crippen LogP contribution in [-0.4, -0.2) is 0 Å². The highest BCUT2D eigenvalue weighted by Gasteiger charge is 2.39. The third-order valence-electron chi connectivity index (χ3n) is 4.66. The summed E-state index contributed by atoms with van der Waals surface area (Å²) in [5.41, 5.74) is -0.816. The van der Waals surface area contributed by atoms with Gasteiger partial charge in [-0.05, 0) is 42.0 Å². The first kappa shape index (κ1) is 22.7. The van der Waals surface area contributed by atoms with Crippen LogP contribution in [0.3, 0.4) is 0 Å². The van der Waals surface area contributed by atoms with Crippen LogP contribution in [0.25, 0.3) is 22.1 Å². The quantitative estimate of drug-likeness (QED) is 0.261. The first-order valence-corrected chi connectivity index (χ1v) is 10.7. The summed E-state index contributed by atoms with van der Waals surface area (Å²) in [4.78, 5) is 13.0. The van der Waals surface area contributed by atoms with Crippen LogP contribution in [0.4, 0.5) is 13.2 Å². The molecule has 0 saturated carbocycles. The highest BCUT2D eigenvalue weighted by atomic mass is 79.9. The standard InChI is InChI=1S/C23H12BrCl2F3O3/c24-14-4-1-12(2-5-14)20-21(30)17-8-7-16(10-19(17)32-22(20)23(27,28)29)31-11-13-3-6-15(25)9-18(13)26/h1-10H,11H2. The predicted molar refractivity (Wildman–Crippen MR) is 121 cm³/mol. The van der Waals surface area contributed by atoms with E-state index in [0.717, 1.165) is 0 Å². The van der Waals surface area contributed by atoms with Crippen molar-refractivity contribution in [3.05, 3.63) is 96.7 Å². The van der Waals surface area contributed by atoms with E-state index in [9.17, 15) is 18.0 Å². The van der Waals surface area contributed by atoms with Crippen LogP contribution in [0.5, 0.6) is 5.75 Å². The molecule has 1 aromatic heterocycles. The summed E-state index contributed by atoms with van der Waals surface area (Å²) in [5.74, 6) is -1.15. The molecule has 9 heteroatoms. The molecule has 4 rings (SSSR count). The molecule has 3 nitrogen and oxygen atoms in total. The van der Waals surface area contributed by atoms with Crippen molar-refractivity contribution >= 4 is 50.1 Å². The molecule has 3 aromatic carbocycles. The number of benzene rings is 3. The van der Waals surface area contributed by atoms with Gasteiger partial charge in [-0.2, -0.15) is 13.2 Å². The topological polar surface area (TPSA) is 39.4 Å². The molecule has 0 N–H and O–H groups in total. The van der Waals surface area contributed by atoms with E-state index < -0.39 is 22.9 Å². The van der Waals surface area contributed by atoms with Crippen molar-refractivity contribution in [3.8, 4) is 16.9 Å². The van der Waals surface area contributed by atoms with E-state index in [1.54, 1.807) is 30.3 Å². The molecule has 0 fully saturated rings. The Morgan fingerprint density at radius 2 is 1.69 bits per heavy atom. The lowest BCUT2D eigenvalue weighted by Gasteiger charge is -2.14.